The molecule has 0 saturated carbocycles. The number of aliphatic hydroxyl groups is 1. The van der Waals surface area contributed by atoms with Gasteiger partial charge in [0.1, 0.15) is 0 Å². The van der Waals surface area contributed by atoms with Crippen LogP contribution in [-0.2, 0) is 87.4 Å². The van der Waals surface area contributed by atoms with Crippen LogP contribution in [0, 0.1) is 0 Å². The Bertz CT molecular complexity index is 7080. The van der Waals surface area contributed by atoms with Crippen LogP contribution in [0.2, 0.25) is 35.2 Å². The summed E-state index contributed by atoms with van der Waals surface area (Å²) < 4.78 is 7.26. The lowest BCUT2D eigenvalue weighted by Gasteiger charge is -2.20. The van der Waals surface area contributed by atoms with Gasteiger partial charge in [0.05, 0.1) is 76.2 Å². The number of hydrogen-bond donors (Lipinski definition) is 13. The van der Waals surface area contributed by atoms with Crippen LogP contribution < -0.4 is 65.3 Å². The van der Waals surface area contributed by atoms with Crippen molar-refractivity contribution < 1.29 is 64.5 Å². The van der Waals surface area contributed by atoms with Crippen molar-refractivity contribution in [3.63, 3.8) is 0 Å². The molecule has 0 aliphatic heterocycles. The van der Waals surface area contributed by atoms with Crippen molar-refractivity contribution >= 4 is 117 Å². The summed E-state index contributed by atoms with van der Waals surface area (Å²) in [6, 6.07) is 58.3. The number of benzene rings is 7. The Morgan fingerprint density at radius 1 is 0.312 bits per heavy atom. The minimum Gasteiger partial charge on any atom is -0.502 e. The highest BCUT2D eigenvalue weighted by atomic mass is 35.5. The second-order valence-electron chi connectivity index (χ2n) is 33.3. The first-order valence-electron chi connectivity index (χ1n) is 45.1. The van der Waals surface area contributed by atoms with Crippen LogP contribution in [0.1, 0.15) is 159 Å². The van der Waals surface area contributed by atoms with Gasteiger partial charge in [-0.25, -0.2) is 0 Å². The fourth-order valence-electron chi connectivity index (χ4n) is 14.0. The van der Waals surface area contributed by atoms with E-state index in [4.69, 9.17) is 86.3 Å². The summed E-state index contributed by atoms with van der Waals surface area (Å²) in [5.74, 6) is -6.20. The molecule has 38 heteroatoms. The molecule has 0 aliphatic carbocycles. The summed E-state index contributed by atoms with van der Waals surface area (Å²) in [4.78, 5) is 143. The van der Waals surface area contributed by atoms with Crippen LogP contribution in [0.15, 0.2) is 279 Å². The molecule has 13 rings (SSSR count). The zero-order valence-corrected chi connectivity index (χ0v) is 85.2. The van der Waals surface area contributed by atoms with Crippen LogP contribution in [0.4, 0.5) is 0 Å². The Kier molecular flexibility index (Phi) is 45.0. The molecule has 0 bridgehead atoms. The van der Waals surface area contributed by atoms with Crippen LogP contribution >= 0.6 is 81.2 Å². The average molecular weight is 2110 g/mol. The summed E-state index contributed by atoms with van der Waals surface area (Å²) in [7, 11) is 9.03. The number of carbonyl (C=O) groups excluding carboxylic acids is 6. The minimum atomic E-state index is -0.626. The third-order valence-electron chi connectivity index (χ3n) is 22.6. The highest BCUT2D eigenvalue weighted by molar-refractivity contribution is 6.43. The maximum Gasteiger partial charge on any atom is 0.293 e. The molecule has 144 heavy (non-hydrogen) atoms. The van der Waals surface area contributed by atoms with E-state index >= 15 is 0 Å². The topological polar surface area (TPSA) is 448 Å². The van der Waals surface area contributed by atoms with Crippen molar-refractivity contribution in [2.75, 3.05) is 13.1 Å². The van der Waals surface area contributed by atoms with Gasteiger partial charge in [0, 0.05) is 116 Å². The van der Waals surface area contributed by atoms with Crippen molar-refractivity contribution in [3.05, 3.63) is 425 Å². The summed E-state index contributed by atoms with van der Waals surface area (Å²) in [5, 5.41) is 88.1. The van der Waals surface area contributed by atoms with E-state index in [9.17, 15) is 88.2 Å². The zero-order valence-electron chi connectivity index (χ0n) is 79.9. The molecule has 7 aromatic carbocycles. The van der Waals surface area contributed by atoms with Gasteiger partial charge in [0.25, 0.3) is 68.8 Å². The molecule has 31 nitrogen and oxygen atoms in total. The fraction of sp³-hybridized carbons (Fsp3) is 0.245. The van der Waals surface area contributed by atoms with Crippen LogP contribution in [0.25, 0.3) is 0 Å². The highest BCUT2D eigenvalue weighted by Crippen LogP contribution is 2.30. The highest BCUT2D eigenvalue weighted by Gasteiger charge is 2.25. The number of rotatable bonds is 32. The number of amides is 6. The van der Waals surface area contributed by atoms with Gasteiger partial charge in [-0.1, -0.05) is 209 Å². The molecule has 6 heterocycles. The molecular formula is C106H111Cl7N12O19. The number of aryl methyl sites for hydroxylation is 10. The number of hydrogen-bond acceptors (Lipinski definition) is 19. The van der Waals surface area contributed by atoms with Crippen molar-refractivity contribution in [2.24, 2.45) is 42.3 Å². The molecule has 758 valence electrons. The van der Waals surface area contributed by atoms with E-state index in [0.29, 0.717) is 86.8 Å². The van der Waals surface area contributed by atoms with E-state index in [2.05, 4.69) is 38.5 Å². The van der Waals surface area contributed by atoms with E-state index in [0.717, 1.165) is 71.0 Å². The summed E-state index contributed by atoms with van der Waals surface area (Å²) in [5.41, 5.74) is 4.14. The Labute approximate surface area is 864 Å². The standard InChI is InChI=1S/C22H20Cl2N2O3.C18H20Cl2N2O3.C18H18Cl2N2O3.C17H20N2O3.C16H18N2O4.C15H15ClN2O3/c1-26-12-11-16(20(27)22(26)29)21(28)25-19(15-5-3-2-4-6-15)10-8-14-7-9-17(23)18(24)13-14;1-11(4-3-5-12-6-7-14(19)15(20)10-12)21-17(24)13-8-9-22(2)18(25)16(13)23;1-3-12(6-4-11-5-7-14(19)15(20)10-11)21-17(24)13-8-9-22(2)18(25)16(13)23;1-12(8-9-13-6-4-3-5-7-13)18-16(21)14-10-11-19(2)17(22)15(14)20;1-18-9-7-13(14(20)16(18)22)15(21)17-8-6-11-2-4-12(10-19)5-3-11;1-18-9-7-11(13(19)15(18)21)14(20)17-8-6-10-4-2-3-5-12(10)16/h2-7,9,11-13,19,27H,8,10H2,1H3,(H,25,28);6-11,23H,3-5H2,1-2H3,(H,21,24);3,5,7-10,12,23H,1,4,6H2,2H3,(H,21,24);3-7,10-12,20H,8-9H2,1-2H3,(H,18,21);2-5,7,9,19-20H,6,8,10H2,1H3,(H,17,21);2-5,7,9,19H,6,8H2,1H3,(H,17,20). The second kappa shape index (κ2) is 56.4. The molecule has 13 aromatic rings. The van der Waals surface area contributed by atoms with Gasteiger partial charge >= 0.3 is 0 Å². The molecule has 0 aliphatic rings. The molecule has 0 fully saturated rings. The zero-order chi connectivity index (χ0) is 106. The van der Waals surface area contributed by atoms with Crippen LogP contribution in [0.5, 0.6) is 34.5 Å². The van der Waals surface area contributed by atoms with E-state index in [1.165, 1.54) is 149 Å². The van der Waals surface area contributed by atoms with E-state index in [-0.39, 0.29) is 64.2 Å². The van der Waals surface area contributed by atoms with E-state index in [1.54, 1.807) is 42.5 Å². The second-order valence-corrected chi connectivity index (χ2v) is 36.1. The van der Waals surface area contributed by atoms with Gasteiger partial charge in [-0.3, -0.25) is 57.5 Å². The van der Waals surface area contributed by atoms with E-state index < -0.39 is 103 Å². The first kappa shape index (κ1) is 115. The quantitative estimate of drug-likeness (QED) is 0.0174. The molecule has 6 aromatic heterocycles. The van der Waals surface area contributed by atoms with Crippen molar-refractivity contribution in [3.8, 4) is 34.5 Å². The lowest BCUT2D eigenvalue weighted by atomic mass is 9.98. The number of halogens is 7. The first-order chi connectivity index (χ1) is 68.5. The lowest BCUT2D eigenvalue weighted by molar-refractivity contribution is 0.0923. The molecular weight excluding hydrogens is 1990 g/mol. The number of aromatic hydroxyl groups is 6. The Balaban J connectivity index is 0.000000212. The number of pyridine rings is 6. The van der Waals surface area contributed by atoms with Crippen molar-refractivity contribution in [1.82, 2.24) is 59.3 Å². The van der Waals surface area contributed by atoms with Crippen molar-refractivity contribution in [1.29, 1.82) is 0 Å². The lowest BCUT2D eigenvalue weighted by Crippen LogP contribution is -2.34. The summed E-state index contributed by atoms with van der Waals surface area (Å²) in [6.07, 6.45) is 18.0. The molecule has 4 unspecified atom stereocenters. The normalized spacial score (nSPS) is 11.4. The Morgan fingerprint density at radius 3 is 0.993 bits per heavy atom. The van der Waals surface area contributed by atoms with E-state index in [1.807, 2.05) is 141 Å². The minimum absolute atomic E-state index is 0.000737. The number of carbonyl (C=O) groups is 6. The SMILES string of the molecule is C=CC(CCc1ccc(Cl)c(Cl)c1)NC(=O)c1ccn(C)c(=O)c1O.CC(CCCc1ccc(Cl)c(Cl)c1)NC(=O)c1ccn(C)c(=O)c1O.CC(CCc1ccccc1)NC(=O)c1ccn(C)c(=O)c1O.Cn1ccc(C(=O)NC(CCc2ccc(Cl)c(Cl)c2)c2ccccc2)c(O)c1=O.Cn1ccc(C(=O)NCCc2ccc(CO)cc2)c(O)c1=O.Cn1ccc(C(=O)NCCc2ccccc2Cl)c(O)c1=O. The number of nitrogens with one attached hydrogen (secondary N) is 6. The van der Waals surface area contributed by atoms with Gasteiger partial charge in [-0.2, -0.15) is 0 Å². The van der Waals surface area contributed by atoms with Gasteiger partial charge in [0.15, 0.2) is 34.5 Å². The molecule has 0 saturated heterocycles. The third-order valence-corrected chi connectivity index (χ3v) is 25.1. The first-order valence-corrected chi connectivity index (χ1v) is 47.7. The average Bonchev–Trinajstić information content (AvgIpc) is 0.780. The maximum absolute atomic E-state index is 12.8. The maximum atomic E-state index is 12.8. The van der Waals surface area contributed by atoms with Crippen molar-refractivity contribution in [2.45, 2.75) is 115 Å². The monoisotopic (exact) mass is 2100 g/mol. The van der Waals surface area contributed by atoms with Gasteiger partial charge in [-0.15, -0.1) is 6.58 Å². The molecule has 13 N–H and O–H groups in total. The predicted molar refractivity (Wildman–Crippen MR) is 562 cm³/mol. The third kappa shape index (κ3) is 34.2. The summed E-state index contributed by atoms with van der Waals surface area (Å²) >= 11 is 41.9. The smallest absolute Gasteiger partial charge is 0.293 e. The molecule has 4 atom stereocenters. The molecule has 0 radical (unpaired) electrons. The van der Waals surface area contributed by atoms with Gasteiger partial charge < -0.3 is 95.0 Å². The number of aromatic nitrogens is 6. The number of nitrogens with zero attached hydrogens (tertiary/aromatic N) is 6. The molecule has 0 spiro atoms. The largest absolute Gasteiger partial charge is 0.502 e. The molecule has 6 amide bonds. The van der Waals surface area contributed by atoms with Crippen LogP contribution in [0.3, 0.4) is 0 Å². The fourth-order valence-corrected chi connectivity index (χ4v) is 15.2. The summed E-state index contributed by atoms with van der Waals surface area (Å²) in [6.45, 7) is 8.24. The Morgan fingerprint density at radius 2 is 0.618 bits per heavy atom. The van der Waals surface area contributed by atoms with Gasteiger partial charge in [-0.05, 0) is 208 Å². The van der Waals surface area contributed by atoms with Crippen LogP contribution in [-0.4, -0.2) is 130 Å². The predicted octanol–water partition coefficient (Wildman–Crippen LogP) is 15.5. The number of aliphatic hydroxyl groups excluding tert-OH is 1. The Hall–Kier alpha value is -14.4. The van der Waals surface area contributed by atoms with Gasteiger partial charge in [0.2, 0.25) is 0 Å².